The number of rotatable bonds is 6. The van der Waals surface area contributed by atoms with Crippen LogP contribution in [0.3, 0.4) is 0 Å². The van der Waals surface area contributed by atoms with Gasteiger partial charge in [-0.05, 0) is 48.5 Å². The van der Waals surface area contributed by atoms with E-state index >= 15 is 0 Å². The first-order chi connectivity index (χ1) is 17.5. The predicted octanol–water partition coefficient (Wildman–Crippen LogP) is 5.81. The molecule has 0 bridgehead atoms. The van der Waals surface area contributed by atoms with Crippen molar-refractivity contribution in [2.75, 3.05) is 44.3 Å². The summed E-state index contributed by atoms with van der Waals surface area (Å²) in [7, 11) is 0. The molecule has 2 fully saturated rings. The van der Waals surface area contributed by atoms with Crippen LogP contribution < -0.4 is 14.4 Å². The maximum Gasteiger partial charge on any atom is 0.415 e. The Balaban J connectivity index is 1.07. The van der Waals surface area contributed by atoms with E-state index in [1.165, 1.54) is 0 Å². The van der Waals surface area contributed by atoms with E-state index in [1.807, 2.05) is 48.5 Å². The first-order valence-electron chi connectivity index (χ1n) is 11.8. The minimum Gasteiger partial charge on any atom is -0.491 e. The highest BCUT2D eigenvalue weighted by atomic mass is 35.5. The monoisotopic (exact) mass is 528 g/mol. The van der Waals surface area contributed by atoms with E-state index in [1.54, 1.807) is 29.2 Å². The molecule has 5 rings (SSSR count). The Bertz CT molecular complexity index is 1170. The number of amides is 1. The average molecular weight is 529 g/mol. The van der Waals surface area contributed by atoms with Gasteiger partial charge in [0, 0.05) is 42.5 Å². The predicted molar refractivity (Wildman–Crippen MR) is 138 cm³/mol. The number of hydrogen-bond acceptors (Lipinski definition) is 6. The Morgan fingerprint density at radius 1 is 0.917 bits per heavy atom. The second-order valence-electron chi connectivity index (χ2n) is 8.55. The highest BCUT2D eigenvalue weighted by molar-refractivity contribution is 6.35. The number of halogens is 2. The van der Waals surface area contributed by atoms with Gasteiger partial charge in [-0.2, -0.15) is 0 Å². The van der Waals surface area contributed by atoms with Crippen molar-refractivity contribution in [1.82, 2.24) is 4.90 Å². The summed E-state index contributed by atoms with van der Waals surface area (Å²) in [6, 6.07) is 22.3. The smallest absolute Gasteiger partial charge is 0.415 e. The van der Waals surface area contributed by atoms with Gasteiger partial charge in [-0.3, -0.25) is 0 Å². The fraction of sp³-hybridized carbons (Fsp3) is 0.296. The molecule has 7 nitrogen and oxygen atoms in total. The fourth-order valence-corrected chi connectivity index (χ4v) is 4.63. The van der Waals surface area contributed by atoms with Crippen molar-refractivity contribution >= 4 is 35.0 Å². The van der Waals surface area contributed by atoms with E-state index in [-0.39, 0.29) is 12.2 Å². The summed E-state index contributed by atoms with van der Waals surface area (Å²) in [5.74, 6) is 1.31. The first kappa shape index (κ1) is 24.7. The van der Waals surface area contributed by atoms with E-state index < -0.39 is 6.29 Å². The van der Waals surface area contributed by atoms with Gasteiger partial charge in [0.05, 0.1) is 11.6 Å². The van der Waals surface area contributed by atoms with Gasteiger partial charge in [0.25, 0.3) is 0 Å². The number of benzene rings is 3. The van der Waals surface area contributed by atoms with E-state index in [4.69, 9.17) is 42.1 Å². The van der Waals surface area contributed by atoms with Crippen molar-refractivity contribution in [3.05, 3.63) is 88.4 Å². The van der Waals surface area contributed by atoms with Crippen molar-refractivity contribution in [2.45, 2.75) is 12.4 Å². The Labute approximate surface area is 220 Å². The summed E-state index contributed by atoms with van der Waals surface area (Å²) >= 11 is 12.2. The van der Waals surface area contributed by atoms with Gasteiger partial charge in [0.2, 0.25) is 0 Å². The number of para-hydroxylation sites is 1. The second kappa shape index (κ2) is 11.4. The van der Waals surface area contributed by atoms with Gasteiger partial charge < -0.3 is 28.7 Å². The summed E-state index contributed by atoms with van der Waals surface area (Å²) in [6.07, 6.45) is -1.05. The van der Waals surface area contributed by atoms with Crippen LogP contribution in [0.5, 0.6) is 11.5 Å². The van der Waals surface area contributed by atoms with Gasteiger partial charge in [-0.1, -0.05) is 47.5 Å². The van der Waals surface area contributed by atoms with Crippen LogP contribution in [0.1, 0.15) is 11.9 Å². The summed E-state index contributed by atoms with van der Waals surface area (Å²) in [6.45, 7) is 3.43. The van der Waals surface area contributed by atoms with Gasteiger partial charge in [0.1, 0.15) is 24.2 Å². The van der Waals surface area contributed by atoms with Crippen LogP contribution >= 0.6 is 23.2 Å². The van der Waals surface area contributed by atoms with Crippen LogP contribution in [-0.4, -0.2) is 56.5 Å². The van der Waals surface area contributed by atoms with E-state index in [2.05, 4.69) is 4.90 Å². The maximum absolute atomic E-state index is 12.4. The first-order valence-corrected chi connectivity index (χ1v) is 12.5. The van der Waals surface area contributed by atoms with E-state index in [0.29, 0.717) is 42.1 Å². The molecule has 2 aliphatic heterocycles. The van der Waals surface area contributed by atoms with E-state index in [0.717, 1.165) is 30.1 Å². The summed E-state index contributed by atoms with van der Waals surface area (Å²) < 4.78 is 23.1. The SMILES string of the molecule is O=C(Oc1ccccc1)N1CCN(c2ccc(OCC3COC(c4ccc(Cl)cc4Cl)O3)cc2)CC1. The maximum atomic E-state index is 12.4. The molecule has 188 valence electrons. The molecule has 2 saturated heterocycles. The molecule has 0 N–H and O–H groups in total. The molecule has 2 aliphatic rings. The van der Waals surface area contributed by atoms with Crippen molar-refractivity contribution < 1.29 is 23.7 Å². The normalized spacial score (nSPS) is 19.8. The highest BCUT2D eigenvalue weighted by Gasteiger charge is 2.29. The molecule has 3 aromatic carbocycles. The fourth-order valence-electron chi connectivity index (χ4n) is 4.13. The third kappa shape index (κ3) is 6.05. The third-order valence-electron chi connectivity index (χ3n) is 6.09. The zero-order valence-electron chi connectivity index (χ0n) is 19.5. The summed E-state index contributed by atoms with van der Waals surface area (Å²) in [4.78, 5) is 16.4. The molecule has 1 amide bonds. The van der Waals surface area contributed by atoms with Crippen LogP contribution in [0.4, 0.5) is 10.5 Å². The van der Waals surface area contributed by atoms with Crippen molar-refractivity contribution in [1.29, 1.82) is 0 Å². The molecule has 2 atom stereocenters. The molecular weight excluding hydrogens is 503 g/mol. The number of piperazine rings is 1. The van der Waals surface area contributed by atoms with Crippen molar-refractivity contribution in [2.24, 2.45) is 0 Å². The number of ether oxygens (including phenoxy) is 4. The molecule has 3 aromatic rings. The van der Waals surface area contributed by atoms with Crippen molar-refractivity contribution in [3.8, 4) is 11.5 Å². The summed E-state index contributed by atoms with van der Waals surface area (Å²) in [5.41, 5.74) is 1.83. The lowest BCUT2D eigenvalue weighted by Gasteiger charge is -2.35. The molecule has 0 spiro atoms. The van der Waals surface area contributed by atoms with Crippen LogP contribution in [0.2, 0.25) is 10.0 Å². The third-order valence-corrected chi connectivity index (χ3v) is 6.65. The van der Waals surface area contributed by atoms with Crippen LogP contribution in [0.15, 0.2) is 72.8 Å². The number of carbonyl (C=O) groups is 1. The zero-order chi connectivity index (χ0) is 24.9. The lowest BCUT2D eigenvalue weighted by molar-refractivity contribution is -0.0658. The molecule has 9 heteroatoms. The van der Waals surface area contributed by atoms with Crippen LogP contribution in [0, 0.1) is 0 Å². The molecule has 0 radical (unpaired) electrons. The molecule has 0 saturated carbocycles. The van der Waals surface area contributed by atoms with Gasteiger partial charge in [-0.25, -0.2) is 4.79 Å². The number of hydrogen-bond donors (Lipinski definition) is 0. The molecule has 36 heavy (non-hydrogen) atoms. The quantitative estimate of drug-likeness (QED) is 0.402. The topological polar surface area (TPSA) is 60.5 Å². The van der Waals surface area contributed by atoms with Crippen LogP contribution in [-0.2, 0) is 9.47 Å². The number of nitrogens with zero attached hydrogens (tertiary/aromatic N) is 2. The minimum atomic E-state index is -0.533. The van der Waals surface area contributed by atoms with E-state index in [9.17, 15) is 4.79 Å². The lowest BCUT2D eigenvalue weighted by atomic mass is 10.2. The Kier molecular flexibility index (Phi) is 7.82. The largest absolute Gasteiger partial charge is 0.491 e. The van der Waals surface area contributed by atoms with Crippen LogP contribution in [0.25, 0.3) is 0 Å². The van der Waals surface area contributed by atoms with Gasteiger partial charge >= 0.3 is 6.09 Å². The van der Waals surface area contributed by atoms with Gasteiger partial charge in [0.15, 0.2) is 6.29 Å². The summed E-state index contributed by atoms with van der Waals surface area (Å²) in [5, 5.41) is 1.08. The zero-order valence-corrected chi connectivity index (χ0v) is 21.0. The Morgan fingerprint density at radius 2 is 1.67 bits per heavy atom. The molecule has 2 unspecified atom stereocenters. The van der Waals surface area contributed by atoms with Crippen molar-refractivity contribution in [3.63, 3.8) is 0 Å². The lowest BCUT2D eigenvalue weighted by Crippen LogP contribution is -2.49. The Morgan fingerprint density at radius 3 is 2.39 bits per heavy atom. The molecular formula is C27H26Cl2N2O5. The molecule has 0 aliphatic carbocycles. The molecule has 2 heterocycles. The minimum absolute atomic E-state index is 0.204. The number of anilines is 1. The second-order valence-corrected chi connectivity index (χ2v) is 9.39. The number of carbonyl (C=O) groups excluding carboxylic acids is 1. The Hall–Kier alpha value is -2.97. The molecule has 0 aromatic heterocycles. The highest BCUT2D eigenvalue weighted by Crippen LogP contribution is 2.33. The standard InChI is InChI=1S/C27H26Cl2N2O5/c28-19-6-11-24(25(29)16-19)26-34-18-23(35-26)17-33-21-9-7-20(8-10-21)30-12-14-31(15-13-30)27(32)36-22-4-2-1-3-5-22/h1-11,16,23,26H,12-15,17-18H2. The average Bonchev–Trinajstić information content (AvgIpc) is 3.37. The van der Waals surface area contributed by atoms with Gasteiger partial charge in [-0.15, -0.1) is 0 Å².